The predicted molar refractivity (Wildman–Crippen MR) is 104 cm³/mol. The number of likely N-dealkylation sites (N-methyl/N-ethyl adjacent to an activating group) is 1. The molecule has 2 aromatic carbocycles. The number of nitrogens with one attached hydrogen (secondary N) is 1. The Morgan fingerprint density at radius 1 is 1.04 bits per heavy atom. The third kappa shape index (κ3) is 5.45. The molecular weight excluding hydrogens is 374 g/mol. The Bertz CT molecular complexity index is 825. The van der Waals surface area contributed by atoms with Crippen molar-refractivity contribution in [3.05, 3.63) is 59.6 Å². The fourth-order valence-corrected chi connectivity index (χ4v) is 3.80. The van der Waals surface area contributed by atoms with Crippen molar-refractivity contribution in [1.82, 2.24) is 10.2 Å². The first-order valence-corrected chi connectivity index (χ1v) is 9.87. The van der Waals surface area contributed by atoms with E-state index in [1.807, 2.05) is 19.0 Å². The van der Waals surface area contributed by atoms with Crippen LogP contribution in [0.15, 0.2) is 59.5 Å². The Labute approximate surface area is 159 Å². The first-order chi connectivity index (χ1) is 12.3. The number of nitrogens with zero attached hydrogens (tertiary/aromatic N) is 2. The minimum atomic E-state index is -3.90. The standard InChI is InChI=1S/C18H22ClN3O3S/c1-21(2)13-12-20-18(23)14-22(16-6-4-3-5-7-16)26(24,25)17-10-8-15(19)9-11-17/h3-11H,12-14H2,1-2H3,(H,20,23). The van der Waals surface area contributed by atoms with Crippen molar-refractivity contribution in [1.29, 1.82) is 0 Å². The number of hydrogen-bond donors (Lipinski definition) is 1. The Hall–Kier alpha value is -2.09. The largest absolute Gasteiger partial charge is 0.353 e. The summed E-state index contributed by atoms with van der Waals surface area (Å²) >= 11 is 5.85. The molecule has 6 nitrogen and oxygen atoms in total. The van der Waals surface area contributed by atoms with Crippen molar-refractivity contribution in [2.45, 2.75) is 4.90 Å². The highest BCUT2D eigenvalue weighted by atomic mass is 35.5. The molecule has 0 aliphatic rings. The molecule has 2 aromatic rings. The van der Waals surface area contributed by atoms with Crippen molar-refractivity contribution in [2.24, 2.45) is 0 Å². The highest BCUT2D eigenvalue weighted by molar-refractivity contribution is 7.92. The fraction of sp³-hybridized carbons (Fsp3) is 0.278. The molecule has 0 aromatic heterocycles. The summed E-state index contributed by atoms with van der Waals surface area (Å²) < 4.78 is 27.2. The number of carbonyl (C=O) groups is 1. The summed E-state index contributed by atoms with van der Waals surface area (Å²) in [6.07, 6.45) is 0. The zero-order valence-electron chi connectivity index (χ0n) is 14.7. The van der Waals surface area contributed by atoms with Crippen LogP contribution in [-0.2, 0) is 14.8 Å². The summed E-state index contributed by atoms with van der Waals surface area (Å²) in [7, 11) is -0.111. The lowest BCUT2D eigenvalue weighted by molar-refractivity contribution is -0.119. The molecule has 1 amide bonds. The van der Waals surface area contributed by atoms with Crippen LogP contribution in [0.1, 0.15) is 0 Å². The Balaban J connectivity index is 2.27. The van der Waals surface area contributed by atoms with Gasteiger partial charge in [0.25, 0.3) is 10.0 Å². The van der Waals surface area contributed by atoms with E-state index in [2.05, 4.69) is 5.32 Å². The molecule has 0 bridgehead atoms. The number of hydrogen-bond acceptors (Lipinski definition) is 4. The highest BCUT2D eigenvalue weighted by Gasteiger charge is 2.27. The molecule has 8 heteroatoms. The van der Waals surface area contributed by atoms with Gasteiger partial charge in [-0.05, 0) is 50.5 Å². The van der Waals surface area contributed by atoms with Crippen LogP contribution in [0.25, 0.3) is 0 Å². The molecule has 140 valence electrons. The monoisotopic (exact) mass is 395 g/mol. The molecule has 0 aliphatic carbocycles. The third-order valence-electron chi connectivity index (χ3n) is 3.61. The molecule has 0 spiro atoms. The number of anilines is 1. The number of amides is 1. The zero-order chi connectivity index (χ0) is 19.2. The summed E-state index contributed by atoms with van der Waals surface area (Å²) in [4.78, 5) is 14.3. The first kappa shape index (κ1) is 20.2. The average Bonchev–Trinajstić information content (AvgIpc) is 2.60. The lowest BCUT2D eigenvalue weighted by Crippen LogP contribution is -2.42. The Kier molecular flexibility index (Phi) is 7.02. The normalized spacial score (nSPS) is 11.4. The average molecular weight is 396 g/mol. The summed E-state index contributed by atoms with van der Waals surface area (Å²) in [5.74, 6) is -0.367. The van der Waals surface area contributed by atoms with Crippen LogP contribution in [0.5, 0.6) is 0 Å². The maximum atomic E-state index is 13.1. The smallest absolute Gasteiger partial charge is 0.264 e. The molecule has 0 aliphatic heterocycles. The Morgan fingerprint density at radius 3 is 2.23 bits per heavy atom. The van der Waals surface area contributed by atoms with Gasteiger partial charge < -0.3 is 10.2 Å². The third-order valence-corrected chi connectivity index (χ3v) is 5.65. The van der Waals surface area contributed by atoms with Gasteiger partial charge in [-0.25, -0.2) is 8.42 Å². The van der Waals surface area contributed by atoms with Crippen LogP contribution < -0.4 is 9.62 Å². The van der Waals surface area contributed by atoms with Gasteiger partial charge in [0.05, 0.1) is 10.6 Å². The van der Waals surface area contributed by atoms with Gasteiger partial charge in [0.15, 0.2) is 0 Å². The van der Waals surface area contributed by atoms with Gasteiger partial charge in [-0.15, -0.1) is 0 Å². The van der Waals surface area contributed by atoms with E-state index in [9.17, 15) is 13.2 Å². The number of para-hydroxylation sites is 1. The van der Waals surface area contributed by atoms with Gasteiger partial charge in [0.2, 0.25) is 5.91 Å². The topological polar surface area (TPSA) is 69.7 Å². The fourth-order valence-electron chi connectivity index (χ4n) is 2.25. The predicted octanol–water partition coefficient (Wildman–Crippen LogP) is 2.21. The maximum Gasteiger partial charge on any atom is 0.264 e. The van der Waals surface area contributed by atoms with Gasteiger partial charge in [-0.3, -0.25) is 9.10 Å². The minimum Gasteiger partial charge on any atom is -0.353 e. The number of rotatable bonds is 8. The van der Waals surface area contributed by atoms with Gasteiger partial charge in [0.1, 0.15) is 6.54 Å². The number of benzene rings is 2. The van der Waals surface area contributed by atoms with Crippen molar-refractivity contribution in [3.8, 4) is 0 Å². The second-order valence-electron chi connectivity index (χ2n) is 5.95. The van der Waals surface area contributed by atoms with E-state index in [-0.39, 0.29) is 17.3 Å². The molecule has 0 saturated carbocycles. The minimum absolute atomic E-state index is 0.0758. The van der Waals surface area contributed by atoms with Crippen molar-refractivity contribution < 1.29 is 13.2 Å². The van der Waals surface area contributed by atoms with E-state index in [1.54, 1.807) is 30.3 Å². The molecular formula is C18H22ClN3O3S. The Morgan fingerprint density at radius 2 is 1.65 bits per heavy atom. The summed E-state index contributed by atoms with van der Waals surface area (Å²) in [6.45, 7) is 0.804. The van der Waals surface area contributed by atoms with Crippen molar-refractivity contribution in [2.75, 3.05) is 38.0 Å². The van der Waals surface area contributed by atoms with Gasteiger partial charge in [-0.1, -0.05) is 29.8 Å². The molecule has 0 saturated heterocycles. The lowest BCUT2D eigenvalue weighted by Gasteiger charge is -2.24. The van der Waals surface area contributed by atoms with Crippen LogP contribution >= 0.6 is 11.6 Å². The van der Waals surface area contributed by atoms with E-state index in [1.165, 1.54) is 24.3 Å². The molecule has 0 fully saturated rings. The van der Waals surface area contributed by atoms with Gasteiger partial charge in [-0.2, -0.15) is 0 Å². The molecule has 0 atom stereocenters. The summed E-state index contributed by atoms with van der Waals surface area (Å²) in [5.41, 5.74) is 0.421. The van der Waals surface area contributed by atoms with E-state index in [4.69, 9.17) is 11.6 Å². The quantitative estimate of drug-likeness (QED) is 0.744. The van der Waals surface area contributed by atoms with E-state index in [0.29, 0.717) is 23.8 Å². The molecule has 0 unspecified atom stereocenters. The van der Waals surface area contributed by atoms with Crippen LogP contribution in [0, 0.1) is 0 Å². The number of sulfonamides is 1. The van der Waals surface area contributed by atoms with Gasteiger partial charge in [0, 0.05) is 18.1 Å². The summed E-state index contributed by atoms with van der Waals surface area (Å²) in [6, 6.07) is 14.4. The van der Waals surface area contributed by atoms with Crippen LogP contribution in [-0.4, -0.2) is 53.0 Å². The SMILES string of the molecule is CN(C)CCNC(=O)CN(c1ccccc1)S(=O)(=O)c1ccc(Cl)cc1. The molecule has 1 N–H and O–H groups in total. The van der Waals surface area contributed by atoms with E-state index < -0.39 is 10.0 Å². The van der Waals surface area contributed by atoms with Gasteiger partial charge >= 0.3 is 0 Å². The number of carbonyl (C=O) groups excluding carboxylic acids is 1. The number of halogens is 1. The van der Waals surface area contributed by atoms with Crippen LogP contribution in [0.2, 0.25) is 5.02 Å². The first-order valence-electron chi connectivity index (χ1n) is 8.05. The zero-order valence-corrected chi connectivity index (χ0v) is 16.3. The molecule has 26 heavy (non-hydrogen) atoms. The molecule has 2 rings (SSSR count). The van der Waals surface area contributed by atoms with Crippen LogP contribution in [0.3, 0.4) is 0 Å². The van der Waals surface area contributed by atoms with Crippen molar-refractivity contribution >= 4 is 33.2 Å². The highest BCUT2D eigenvalue weighted by Crippen LogP contribution is 2.24. The van der Waals surface area contributed by atoms with E-state index >= 15 is 0 Å². The summed E-state index contributed by atoms with van der Waals surface area (Å²) in [5, 5.41) is 3.18. The van der Waals surface area contributed by atoms with Crippen molar-refractivity contribution in [3.63, 3.8) is 0 Å². The van der Waals surface area contributed by atoms with Crippen LogP contribution in [0.4, 0.5) is 5.69 Å². The molecule has 0 heterocycles. The second kappa shape index (κ2) is 9.02. The maximum absolute atomic E-state index is 13.1. The lowest BCUT2D eigenvalue weighted by atomic mass is 10.3. The van der Waals surface area contributed by atoms with E-state index in [0.717, 1.165) is 4.31 Å². The second-order valence-corrected chi connectivity index (χ2v) is 8.25. The molecule has 0 radical (unpaired) electrons.